The van der Waals surface area contributed by atoms with Gasteiger partial charge in [0.2, 0.25) is 5.75 Å². The highest BCUT2D eigenvalue weighted by Crippen LogP contribution is 2.38. The molecule has 1 aliphatic heterocycles. The largest absolute Gasteiger partial charge is 0.493 e. The van der Waals surface area contributed by atoms with E-state index in [2.05, 4.69) is 31.6 Å². The number of benzene rings is 1. The molecule has 1 aromatic heterocycles. The van der Waals surface area contributed by atoms with Gasteiger partial charge in [0, 0.05) is 39.4 Å². The molecular formula is C22H31N5O3. The second-order valence-corrected chi connectivity index (χ2v) is 7.03. The number of aromatic nitrogens is 1. The molecule has 0 aliphatic carbocycles. The summed E-state index contributed by atoms with van der Waals surface area (Å²) in [5, 5.41) is 6.69. The van der Waals surface area contributed by atoms with E-state index in [1.165, 1.54) is 18.4 Å². The van der Waals surface area contributed by atoms with Crippen LogP contribution in [0.4, 0.5) is 5.82 Å². The van der Waals surface area contributed by atoms with E-state index in [-0.39, 0.29) is 0 Å². The first-order valence-corrected chi connectivity index (χ1v) is 10.1. The van der Waals surface area contributed by atoms with Crippen molar-refractivity contribution in [1.29, 1.82) is 0 Å². The number of nitrogens with zero attached hydrogens (tertiary/aromatic N) is 3. The van der Waals surface area contributed by atoms with Gasteiger partial charge in [-0.2, -0.15) is 0 Å². The summed E-state index contributed by atoms with van der Waals surface area (Å²) in [6, 6.07) is 8.02. The summed E-state index contributed by atoms with van der Waals surface area (Å²) in [5.41, 5.74) is 2.16. The van der Waals surface area contributed by atoms with Crippen LogP contribution >= 0.6 is 0 Å². The summed E-state index contributed by atoms with van der Waals surface area (Å²) >= 11 is 0. The van der Waals surface area contributed by atoms with Crippen LogP contribution in [0.25, 0.3) is 0 Å². The van der Waals surface area contributed by atoms with Gasteiger partial charge in [-0.1, -0.05) is 0 Å². The maximum Gasteiger partial charge on any atom is 0.203 e. The molecule has 3 rings (SSSR count). The zero-order valence-corrected chi connectivity index (χ0v) is 18.2. The minimum absolute atomic E-state index is 0.561. The van der Waals surface area contributed by atoms with Crippen LogP contribution in [-0.4, -0.2) is 52.4 Å². The first-order chi connectivity index (χ1) is 14.7. The van der Waals surface area contributed by atoms with E-state index in [9.17, 15) is 0 Å². The molecule has 0 atom stereocenters. The molecule has 1 saturated heterocycles. The van der Waals surface area contributed by atoms with Crippen LogP contribution in [-0.2, 0) is 13.1 Å². The molecule has 1 aliphatic rings. The van der Waals surface area contributed by atoms with Crippen molar-refractivity contribution in [2.75, 3.05) is 46.4 Å². The Morgan fingerprint density at radius 2 is 1.60 bits per heavy atom. The normalized spacial score (nSPS) is 13.9. The number of aliphatic imine (C=N–C) groups is 1. The molecule has 0 bridgehead atoms. The van der Waals surface area contributed by atoms with E-state index in [1.807, 2.05) is 24.4 Å². The van der Waals surface area contributed by atoms with Crippen LogP contribution in [0.2, 0.25) is 0 Å². The maximum atomic E-state index is 5.42. The number of ether oxygens (including phenoxy) is 3. The SMILES string of the molecule is CN=C(NCc1ccnc(N2CCCC2)c1)NCc1cc(OC)c(OC)c(OC)c1. The molecule has 0 saturated carbocycles. The van der Waals surface area contributed by atoms with Gasteiger partial charge in [-0.05, 0) is 48.2 Å². The Hall–Kier alpha value is -3.16. The third-order valence-corrected chi connectivity index (χ3v) is 5.11. The van der Waals surface area contributed by atoms with Crippen molar-refractivity contribution in [2.45, 2.75) is 25.9 Å². The molecule has 0 amide bonds. The Balaban J connectivity index is 1.60. The number of anilines is 1. The van der Waals surface area contributed by atoms with Crippen molar-refractivity contribution in [1.82, 2.24) is 15.6 Å². The lowest BCUT2D eigenvalue weighted by Gasteiger charge is -2.18. The van der Waals surface area contributed by atoms with Crippen molar-refractivity contribution in [2.24, 2.45) is 4.99 Å². The fourth-order valence-electron chi connectivity index (χ4n) is 3.52. The summed E-state index contributed by atoms with van der Waals surface area (Å²) in [5.74, 6) is 3.60. The molecule has 0 radical (unpaired) electrons. The lowest BCUT2D eigenvalue weighted by molar-refractivity contribution is 0.323. The number of pyridine rings is 1. The fourth-order valence-corrected chi connectivity index (χ4v) is 3.52. The molecule has 2 aromatic rings. The standard InChI is InChI=1S/C22H31N5O3/c1-23-22(25-14-16-7-8-24-20(13-16)27-9-5-6-10-27)26-15-17-11-18(28-2)21(30-4)19(12-17)29-3/h7-8,11-13H,5-6,9-10,14-15H2,1-4H3,(H2,23,25,26). The fraction of sp³-hybridized carbons (Fsp3) is 0.455. The van der Waals surface area contributed by atoms with Crippen molar-refractivity contribution in [3.63, 3.8) is 0 Å². The van der Waals surface area contributed by atoms with Crippen LogP contribution in [0.5, 0.6) is 17.2 Å². The molecule has 2 heterocycles. The van der Waals surface area contributed by atoms with E-state index in [1.54, 1.807) is 28.4 Å². The topological polar surface area (TPSA) is 80.2 Å². The molecule has 0 unspecified atom stereocenters. The molecule has 2 N–H and O–H groups in total. The van der Waals surface area contributed by atoms with Crippen molar-refractivity contribution in [3.05, 3.63) is 41.6 Å². The van der Waals surface area contributed by atoms with Gasteiger partial charge < -0.3 is 29.7 Å². The summed E-state index contributed by atoms with van der Waals surface area (Å²) < 4.78 is 16.2. The van der Waals surface area contributed by atoms with Crippen molar-refractivity contribution >= 4 is 11.8 Å². The average molecular weight is 414 g/mol. The third-order valence-electron chi connectivity index (χ3n) is 5.11. The van der Waals surface area contributed by atoms with E-state index >= 15 is 0 Å². The molecule has 1 fully saturated rings. The smallest absolute Gasteiger partial charge is 0.203 e. The van der Waals surface area contributed by atoms with Crippen molar-refractivity contribution in [3.8, 4) is 17.2 Å². The van der Waals surface area contributed by atoms with Crippen LogP contribution in [0.15, 0.2) is 35.5 Å². The Morgan fingerprint density at radius 1 is 0.967 bits per heavy atom. The Kier molecular flexibility index (Phi) is 7.59. The van der Waals surface area contributed by atoms with Crippen LogP contribution in [0, 0.1) is 0 Å². The molecule has 0 spiro atoms. The molecule has 162 valence electrons. The lowest BCUT2D eigenvalue weighted by Crippen LogP contribution is -2.36. The monoisotopic (exact) mass is 413 g/mol. The Morgan fingerprint density at radius 3 is 2.17 bits per heavy atom. The summed E-state index contributed by atoms with van der Waals surface area (Å²) in [6.07, 6.45) is 4.35. The molecule has 8 nitrogen and oxygen atoms in total. The number of guanidine groups is 1. The molecular weight excluding hydrogens is 382 g/mol. The summed E-state index contributed by atoms with van der Waals surface area (Å²) in [7, 11) is 6.57. The number of nitrogens with one attached hydrogen (secondary N) is 2. The predicted molar refractivity (Wildman–Crippen MR) is 119 cm³/mol. The first kappa shape index (κ1) is 21.5. The highest BCUT2D eigenvalue weighted by atomic mass is 16.5. The van der Waals surface area contributed by atoms with Gasteiger partial charge in [-0.15, -0.1) is 0 Å². The molecule has 30 heavy (non-hydrogen) atoms. The van der Waals surface area contributed by atoms with Gasteiger partial charge >= 0.3 is 0 Å². The highest BCUT2D eigenvalue weighted by molar-refractivity contribution is 5.79. The zero-order valence-electron chi connectivity index (χ0n) is 18.2. The van der Waals surface area contributed by atoms with Crippen LogP contribution in [0.3, 0.4) is 0 Å². The number of rotatable bonds is 8. The van der Waals surface area contributed by atoms with Crippen LogP contribution in [0.1, 0.15) is 24.0 Å². The van der Waals surface area contributed by atoms with E-state index in [0.29, 0.717) is 36.3 Å². The van der Waals surface area contributed by atoms with Gasteiger partial charge in [0.05, 0.1) is 21.3 Å². The van der Waals surface area contributed by atoms with Gasteiger partial charge in [-0.3, -0.25) is 4.99 Å². The summed E-state index contributed by atoms with van der Waals surface area (Å²) in [4.78, 5) is 11.2. The molecule has 8 heteroatoms. The Bertz CT molecular complexity index is 841. The number of hydrogen-bond donors (Lipinski definition) is 2. The maximum absolute atomic E-state index is 5.42. The van der Waals surface area contributed by atoms with Crippen LogP contribution < -0.4 is 29.7 Å². The lowest BCUT2D eigenvalue weighted by atomic mass is 10.2. The second kappa shape index (κ2) is 10.6. The van der Waals surface area contributed by atoms with E-state index < -0.39 is 0 Å². The zero-order chi connectivity index (χ0) is 21.3. The van der Waals surface area contributed by atoms with E-state index in [0.717, 1.165) is 24.5 Å². The summed E-state index contributed by atoms with van der Waals surface area (Å²) in [6.45, 7) is 3.40. The quantitative estimate of drug-likeness (QED) is 0.509. The number of methoxy groups -OCH3 is 3. The van der Waals surface area contributed by atoms with Gasteiger partial charge in [0.1, 0.15) is 5.82 Å². The average Bonchev–Trinajstić information content (AvgIpc) is 3.33. The number of hydrogen-bond acceptors (Lipinski definition) is 6. The first-order valence-electron chi connectivity index (χ1n) is 10.1. The molecule has 1 aromatic carbocycles. The predicted octanol–water partition coefficient (Wildman–Crippen LogP) is 2.57. The minimum atomic E-state index is 0.561. The Labute approximate surface area is 178 Å². The second-order valence-electron chi connectivity index (χ2n) is 7.03. The van der Waals surface area contributed by atoms with E-state index in [4.69, 9.17) is 14.2 Å². The highest BCUT2D eigenvalue weighted by Gasteiger charge is 2.14. The minimum Gasteiger partial charge on any atom is -0.493 e. The van der Waals surface area contributed by atoms with Gasteiger partial charge in [-0.25, -0.2) is 4.98 Å². The third kappa shape index (κ3) is 5.25. The van der Waals surface area contributed by atoms with Gasteiger partial charge in [0.25, 0.3) is 0 Å². The van der Waals surface area contributed by atoms with Gasteiger partial charge in [0.15, 0.2) is 17.5 Å². The van der Waals surface area contributed by atoms with Crippen molar-refractivity contribution < 1.29 is 14.2 Å².